The molecule has 1 aromatic rings. The van der Waals surface area contributed by atoms with E-state index in [4.69, 9.17) is 9.47 Å². The lowest BCUT2D eigenvalue weighted by molar-refractivity contribution is -0.164. The molecular formula is C22H23N5O6S. The van der Waals surface area contributed by atoms with E-state index in [0.717, 1.165) is 6.26 Å². The Balaban J connectivity index is 1.68. The molecule has 0 bridgehead atoms. The molecule has 1 aromatic carbocycles. The van der Waals surface area contributed by atoms with E-state index in [0.29, 0.717) is 30.1 Å². The first-order chi connectivity index (χ1) is 16.2. The van der Waals surface area contributed by atoms with Crippen LogP contribution in [0.1, 0.15) is 19.3 Å². The number of hydrogen-bond acceptors (Lipinski definition) is 9. The Bertz CT molecular complexity index is 1240. The minimum atomic E-state index is -3.36. The molecule has 3 aliphatic rings. The second kappa shape index (κ2) is 9.00. The number of aliphatic imine (C=N–C) groups is 2. The minimum Gasteiger partial charge on any atom is -0.467 e. The number of carbonyl (C=O) groups is 2. The lowest BCUT2D eigenvalue weighted by Gasteiger charge is -2.45. The molecule has 0 aromatic heterocycles. The maximum Gasteiger partial charge on any atom is 0.334 e. The highest BCUT2D eigenvalue weighted by molar-refractivity contribution is 7.90. The zero-order chi connectivity index (χ0) is 24.5. The van der Waals surface area contributed by atoms with Gasteiger partial charge >= 0.3 is 5.97 Å². The summed E-state index contributed by atoms with van der Waals surface area (Å²) >= 11 is 0. The smallest absolute Gasteiger partial charge is 0.334 e. The van der Waals surface area contributed by atoms with Crippen molar-refractivity contribution in [3.8, 4) is 6.07 Å². The number of hydrazine groups is 1. The van der Waals surface area contributed by atoms with Gasteiger partial charge in [-0.25, -0.2) is 23.2 Å². The molecule has 3 atom stereocenters. The lowest BCUT2D eigenvalue weighted by Crippen LogP contribution is -2.58. The number of methoxy groups -OCH3 is 1. The van der Waals surface area contributed by atoms with Gasteiger partial charge in [0.25, 0.3) is 5.91 Å². The molecule has 34 heavy (non-hydrogen) atoms. The summed E-state index contributed by atoms with van der Waals surface area (Å²) in [5.74, 6) is -1.41. The molecule has 1 unspecified atom stereocenters. The molecule has 0 saturated carbocycles. The summed E-state index contributed by atoms with van der Waals surface area (Å²) in [6, 6.07) is 8.16. The molecule has 3 aliphatic heterocycles. The Morgan fingerprint density at radius 3 is 2.74 bits per heavy atom. The predicted octanol–water partition coefficient (Wildman–Crippen LogP) is 1.06. The maximum absolute atomic E-state index is 12.7. The molecule has 1 amide bonds. The van der Waals surface area contributed by atoms with Gasteiger partial charge in [0.05, 0.1) is 48.0 Å². The first-order valence-electron chi connectivity index (χ1n) is 10.5. The van der Waals surface area contributed by atoms with Crippen LogP contribution >= 0.6 is 0 Å². The molecule has 11 nitrogen and oxygen atoms in total. The third-order valence-corrected chi connectivity index (χ3v) is 7.16. The van der Waals surface area contributed by atoms with Crippen LogP contribution in [0.2, 0.25) is 0 Å². The van der Waals surface area contributed by atoms with E-state index in [9.17, 15) is 23.3 Å². The number of nitrogens with zero attached hydrogens (tertiary/aromatic N) is 4. The van der Waals surface area contributed by atoms with Gasteiger partial charge in [0.2, 0.25) is 0 Å². The number of amides is 1. The van der Waals surface area contributed by atoms with Crippen LogP contribution in [0.25, 0.3) is 0 Å². The Morgan fingerprint density at radius 2 is 2.15 bits per heavy atom. The fourth-order valence-electron chi connectivity index (χ4n) is 4.25. The van der Waals surface area contributed by atoms with Crippen LogP contribution in [0.4, 0.5) is 5.69 Å². The van der Waals surface area contributed by atoms with Gasteiger partial charge in [-0.05, 0) is 43.2 Å². The van der Waals surface area contributed by atoms with Crippen molar-refractivity contribution in [2.24, 2.45) is 15.9 Å². The molecule has 2 saturated heterocycles. The summed E-state index contributed by atoms with van der Waals surface area (Å²) in [5.41, 5.74) is 3.32. The zero-order valence-corrected chi connectivity index (χ0v) is 19.4. The summed E-state index contributed by atoms with van der Waals surface area (Å²) < 4.78 is 34.0. The SMILES string of the molecule is COC(=O)[C@H]1CC[C@](CC#N)(N2NC(=Nc3ccc(S(C)(=O)=O)cc3)C3C(=O)N=CC=C32)CO1. The molecular weight excluding hydrogens is 462 g/mol. The topological polar surface area (TPSA) is 151 Å². The second-order valence-corrected chi connectivity index (χ2v) is 10.3. The van der Waals surface area contributed by atoms with Crippen molar-refractivity contribution in [2.75, 3.05) is 20.0 Å². The summed E-state index contributed by atoms with van der Waals surface area (Å²) in [5, 5.41) is 11.3. The summed E-state index contributed by atoms with van der Waals surface area (Å²) in [6.45, 7) is 0.0546. The van der Waals surface area contributed by atoms with Crippen LogP contribution in [-0.4, -0.2) is 69.0 Å². The molecule has 12 heteroatoms. The average molecular weight is 486 g/mol. The van der Waals surface area contributed by atoms with Gasteiger partial charge in [0.1, 0.15) is 11.8 Å². The van der Waals surface area contributed by atoms with Crippen molar-refractivity contribution in [3.63, 3.8) is 0 Å². The number of nitrogens with one attached hydrogen (secondary N) is 1. The molecule has 3 heterocycles. The highest BCUT2D eigenvalue weighted by Crippen LogP contribution is 2.40. The Morgan fingerprint density at radius 1 is 1.41 bits per heavy atom. The average Bonchev–Trinajstić information content (AvgIpc) is 3.19. The van der Waals surface area contributed by atoms with Crippen molar-refractivity contribution in [1.82, 2.24) is 10.4 Å². The molecule has 0 spiro atoms. The quantitative estimate of drug-likeness (QED) is 0.604. The minimum absolute atomic E-state index is 0.0546. The van der Waals surface area contributed by atoms with E-state index < -0.39 is 39.3 Å². The third kappa shape index (κ3) is 4.32. The molecule has 4 rings (SSSR count). The van der Waals surface area contributed by atoms with Gasteiger partial charge in [-0.3, -0.25) is 15.2 Å². The van der Waals surface area contributed by atoms with Crippen molar-refractivity contribution in [1.29, 1.82) is 5.26 Å². The van der Waals surface area contributed by atoms with Gasteiger partial charge in [-0.1, -0.05) is 0 Å². The molecule has 0 aliphatic carbocycles. The van der Waals surface area contributed by atoms with Crippen LogP contribution in [0.3, 0.4) is 0 Å². The van der Waals surface area contributed by atoms with E-state index in [1.807, 2.05) is 0 Å². The number of ether oxygens (including phenoxy) is 2. The van der Waals surface area contributed by atoms with Crippen molar-refractivity contribution in [2.45, 2.75) is 35.8 Å². The number of carbonyl (C=O) groups excluding carboxylic acids is 2. The number of esters is 1. The van der Waals surface area contributed by atoms with E-state index in [2.05, 4.69) is 21.5 Å². The third-order valence-electron chi connectivity index (χ3n) is 6.03. The normalized spacial score (nSPS) is 27.6. The highest BCUT2D eigenvalue weighted by Gasteiger charge is 2.51. The fraction of sp³-hybridized carbons (Fsp3) is 0.409. The number of dihydropyridines is 1. The number of hydrogen-bond donors (Lipinski definition) is 1. The predicted molar refractivity (Wildman–Crippen MR) is 121 cm³/mol. The van der Waals surface area contributed by atoms with Crippen molar-refractivity contribution in [3.05, 3.63) is 36.0 Å². The van der Waals surface area contributed by atoms with Gasteiger partial charge < -0.3 is 9.47 Å². The summed E-state index contributed by atoms with van der Waals surface area (Å²) in [4.78, 5) is 33.2. The summed E-state index contributed by atoms with van der Waals surface area (Å²) in [7, 11) is -2.07. The van der Waals surface area contributed by atoms with Crippen LogP contribution in [0.15, 0.2) is 50.9 Å². The van der Waals surface area contributed by atoms with Crippen LogP contribution in [-0.2, 0) is 28.9 Å². The van der Waals surface area contributed by atoms with Gasteiger partial charge in [-0.2, -0.15) is 5.26 Å². The molecule has 178 valence electrons. The van der Waals surface area contributed by atoms with Crippen molar-refractivity contribution >= 4 is 39.5 Å². The Kier molecular flexibility index (Phi) is 6.24. The van der Waals surface area contributed by atoms with Crippen LogP contribution in [0, 0.1) is 17.2 Å². The van der Waals surface area contributed by atoms with E-state index in [-0.39, 0.29) is 17.9 Å². The largest absolute Gasteiger partial charge is 0.467 e. The number of fused-ring (bicyclic) bond motifs is 1. The Hall–Kier alpha value is -3.56. The number of rotatable bonds is 5. The zero-order valence-electron chi connectivity index (χ0n) is 18.6. The number of allylic oxidation sites excluding steroid dienone is 1. The first-order valence-corrected chi connectivity index (χ1v) is 12.4. The summed E-state index contributed by atoms with van der Waals surface area (Å²) in [6.07, 6.45) is 4.31. The fourth-order valence-corrected chi connectivity index (χ4v) is 4.88. The van der Waals surface area contributed by atoms with Gasteiger partial charge in [0, 0.05) is 12.5 Å². The number of amidine groups is 1. The van der Waals surface area contributed by atoms with E-state index in [1.165, 1.54) is 25.5 Å². The molecule has 2 fully saturated rings. The van der Waals surface area contributed by atoms with Crippen molar-refractivity contribution < 1.29 is 27.5 Å². The maximum atomic E-state index is 12.7. The molecule has 0 radical (unpaired) electrons. The standard InChI is InChI=1S/C22H23N5O6S/c1-32-21(29)17-7-9-22(10-11-23,13-33-17)27-16-8-12-24-20(28)18(16)19(26-27)25-14-3-5-15(6-4-14)34(2,30)31/h3-6,8,12,17-18H,7,9-10,13H2,1-2H3,(H,25,26)/t17-,18?,22-/m1/s1. The number of nitriles is 1. The van der Waals surface area contributed by atoms with Gasteiger partial charge in [0.15, 0.2) is 15.9 Å². The van der Waals surface area contributed by atoms with E-state index in [1.54, 1.807) is 23.2 Å². The van der Waals surface area contributed by atoms with E-state index >= 15 is 0 Å². The molecule has 1 N–H and O–H groups in total. The Labute approximate surface area is 196 Å². The highest BCUT2D eigenvalue weighted by atomic mass is 32.2. The second-order valence-electron chi connectivity index (χ2n) is 8.27. The number of benzene rings is 1. The monoisotopic (exact) mass is 485 g/mol. The first kappa shape index (κ1) is 23.6. The van der Waals surface area contributed by atoms with Crippen LogP contribution < -0.4 is 5.43 Å². The number of sulfone groups is 1. The van der Waals surface area contributed by atoms with Gasteiger partial charge in [-0.15, -0.1) is 0 Å². The lowest BCUT2D eigenvalue weighted by atomic mass is 9.85. The van der Waals surface area contributed by atoms with Crippen LogP contribution in [0.5, 0.6) is 0 Å².